The SMILES string of the molecule is Cc1nc(CCN2CC(=O)NC(=O)C2)cs1. The van der Waals surface area contributed by atoms with Gasteiger partial charge in [0.15, 0.2) is 0 Å². The van der Waals surface area contributed by atoms with Gasteiger partial charge in [0.1, 0.15) is 0 Å². The molecule has 1 aliphatic rings. The molecular weight excluding hydrogens is 226 g/mol. The van der Waals surface area contributed by atoms with Crippen molar-refractivity contribution in [1.82, 2.24) is 15.2 Å². The van der Waals surface area contributed by atoms with Crippen LogP contribution in [0.15, 0.2) is 5.38 Å². The summed E-state index contributed by atoms with van der Waals surface area (Å²) in [5.74, 6) is -0.434. The van der Waals surface area contributed by atoms with Crippen molar-refractivity contribution in [2.45, 2.75) is 13.3 Å². The van der Waals surface area contributed by atoms with E-state index in [4.69, 9.17) is 0 Å². The van der Waals surface area contributed by atoms with Gasteiger partial charge in [-0.25, -0.2) is 4.98 Å². The molecule has 2 rings (SSSR count). The summed E-state index contributed by atoms with van der Waals surface area (Å²) < 4.78 is 0. The van der Waals surface area contributed by atoms with Crippen molar-refractivity contribution < 1.29 is 9.59 Å². The molecule has 0 radical (unpaired) electrons. The molecular formula is C10H13N3O2S. The van der Waals surface area contributed by atoms with Crippen LogP contribution in [0.1, 0.15) is 10.7 Å². The highest BCUT2D eigenvalue weighted by Crippen LogP contribution is 2.09. The lowest BCUT2D eigenvalue weighted by molar-refractivity contribution is -0.135. The van der Waals surface area contributed by atoms with Crippen LogP contribution < -0.4 is 5.32 Å². The quantitative estimate of drug-likeness (QED) is 0.751. The first-order chi connectivity index (χ1) is 7.63. The lowest BCUT2D eigenvalue weighted by Gasteiger charge is -2.24. The van der Waals surface area contributed by atoms with E-state index in [0.29, 0.717) is 19.6 Å². The third-order valence-electron chi connectivity index (χ3n) is 2.36. The number of amides is 2. The Morgan fingerprint density at radius 3 is 2.69 bits per heavy atom. The number of hydrogen-bond acceptors (Lipinski definition) is 5. The van der Waals surface area contributed by atoms with Crippen molar-refractivity contribution >= 4 is 23.2 Å². The Hall–Kier alpha value is -1.27. The van der Waals surface area contributed by atoms with Crippen LogP contribution in [0.3, 0.4) is 0 Å². The lowest BCUT2D eigenvalue weighted by atomic mass is 10.2. The Morgan fingerprint density at radius 1 is 1.44 bits per heavy atom. The second kappa shape index (κ2) is 4.71. The van der Waals surface area contributed by atoms with Gasteiger partial charge in [0.05, 0.1) is 23.8 Å². The first-order valence-corrected chi connectivity index (χ1v) is 5.97. The number of thiazole rings is 1. The fourth-order valence-corrected chi connectivity index (χ4v) is 2.30. The molecule has 0 aliphatic carbocycles. The molecule has 1 fully saturated rings. The van der Waals surface area contributed by atoms with E-state index < -0.39 is 0 Å². The van der Waals surface area contributed by atoms with E-state index in [1.54, 1.807) is 11.3 Å². The number of carbonyl (C=O) groups is 2. The summed E-state index contributed by atoms with van der Waals surface area (Å²) in [4.78, 5) is 28.4. The van der Waals surface area contributed by atoms with Gasteiger partial charge in [-0.1, -0.05) is 0 Å². The second-order valence-electron chi connectivity index (χ2n) is 3.79. The maximum atomic E-state index is 11.1. The summed E-state index contributed by atoms with van der Waals surface area (Å²) in [5.41, 5.74) is 1.03. The number of imide groups is 1. The smallest absolute Gasteiger partial charge is 0.240 e. The Kier molecular flexibility index (Phi) is 3.31. The highest BCUT2D eigenvalue weighted by molar-refractivity contribution is 7.09. The van der Waals surface area contributed by atoms with E-state index in [1.165, 1.54) is 0 Å². The van der Waals surface area contributed by atoms with E-state index in [2.05, 4.69) is 10.3 Å². The highest BCUT2D eigenvalue weighted by atomic mass is 32.1. The number of nitrogens with zero attached hydrogens (tertiary/aromatic N) is 2. The topological polar surface area (TPSA) is 62.3 Å². The van der Waals surface area contributed by atoms with Crippen molar-refractivity contribution in [3.8, 4) is 0 Å². The van der Waals surface area contributed by atoms with Crippen LogP contribution in [-0.2, 0) is 16.0 Å². The van der Waals surface area contributed by atoms with Gasteiger partial charge in [0.25, 0.3) is 0 Å². The molecule has 1 N–H and O–H groups in total. The maximum absolute atomic E-state index is 11.1. The molecule has 16 heavy (non-hydrogen) atoms. The van der Waals surface area contributed by atoms with E-state index in [0.717, 1.165) is 17.1 Å². The van der Waals surface area contributed by atoms with Gasteiger partial charge in [-0.05, 0) is 6.92 Å². The molecule has 0 aromatic carbocycles. The van der Waals surface area contributed by atoms with Gasteiger partial charge in [0, 0.05) is 18.3 Å². The molecule has 0 bridgehead atoms. The van der Waals surface area contributed by atoms with Crippen LogP contribution in [0.25, 0.3) is 0 Å². The van der Waals surface area contributed by atoms with Crippen LogP contribution in [-0.4, -0.2) is 41.3 Å². The van der Waals surface area contributed by atoms with Crippen LogP contribution in [0.2, 0.25) is 0 Å². The van der Waals surface area contributed by atoms with Crippen LogP contribution in [0.5, 0.6) is 0 Å². The molecule has 2 heterocycles. The third kappa shape index (κ3) is 2.86. The summed E-state index contributed by atoms with van der Waals surface area (Å²) in [5, 5.41) is 5.34. The van der Waals surface area contributed by atoms with E-state index in [1.807, 2.05) is 17.2 Å². The van der Waals surface area contributed by atoms with Gasteiger partial charge in [0.2, 0.25) is 11.8 Å². The molecule has 0 saturated carbocycles. The fraction of sp³-hybridized carbons (Fsp3) is 0.500. The van der Waals surface area contributed by atoms with E-state index in [9.17, 15) is 9.59 Å². The minimum Gasteiger partial charge on any atom is -0.294 e. The van der Waals surface area contributed by atoms with Crippen molar-refractivity contribution in [2.75, 3.05) is 19.6 Å². The van der Waals surface area contributed by atoms with Gasteiger partial charge in [-0.2, -0.15) is 0 Å². The summed E-state index contributed by atoms with van der Waals surface area (Å²) in [6, 6.07) is 0. The summed E-state index contributed by atoms with van der Waals surface area (Å²) >= 11 is 1.62. The predicted molar refractivity (Wildman–Crippen MR) is 60.1 cm³/mol. The summed E-state index contributed by atoms with van der Waals surface area (Å²) in [6.07, 6.45) is 0.783. The Labute approximate surface area is 97.5 Å². The number of nitrogens with one attached hydrogen (secondary N) is 1. The molecule has 1 aromatic heterocycles. The molecule has 6 heteroatoms. The second-order valence-corrected chi connectivity index (χ2v) is 4.85. The van der Waals surface area contributed by atoms with E-state index >= 15 is 0 Å². The molecule has 0 unspecified atom stereocenters. The van der Waals surface area contributed by atoms with Gasteiger partial charge >= 0.3 is 0 Å². The van der Waals surface area contributed by atoms with Crippen molar-refractivity contribution in [2.24, 2.45) is 0 Å². The van der Waals surface area contributed by atoms with Crippen molar-refractivity contribution in [3.63, 3.8) is 0 Å². The lowest BCUT2D eigenvalue weighted by Crippen LogP contribution is -2.51. The normalized spacial score (nSPS) is 17.6. The first kappa shape index (κ1) is 11.2. The van der Waals surface area contributed by atoms with E-state index in [-0.39, 0.29) is 11.8 Å². The maximum Gasteiger partial charge on any atom is 0.240 e. The standard InChI is InChI=1S/C10H13N3O2S/c1-7-11-8(6-16-7)2-3-13-4-9(14)12-10(15)5-13/h6H,2-5H2,1H3,(H,12,14,15). The molecule has 2 amide bonds. The van der Waals surface area contributed by atoms with Gasteiger partial charge < -0.3 is 0 Å². The zero-order valence-electron chi connectivity index (χ0n) is 9.02. The average Bonchev–Trinajstić information content (AvgIpc) is 2.60. The minimum absolute atomic E-state index is 0.217. The first-order valence-electron chi connectivity index (χ1n) is 5.09. The number of piperazine rings is 1. The zero-order valence-corrected chi connectivity index (χ0v) is 9.84. The van der Waals surface area contributed by atoms with Gasteiger partial charge in [-0.3, -0.25) is 19.8 Å². The molecule has 1 aromatic rings. The average molecular weight is 239 g/mol. The van der Waals surface area contributed by atoms with Crippen molar-refractivity contribution in [3.05, 3.63) is 16.1 Å². The van der Waals surface area contributed by atoms with Gasteiger partial charge in [-0.15, -0.1) is 11.3 Å². The Morgan fingerprint density at radius 2 is 2.12 bits per heavy atom. The monoisotopic (exact) mass is 239 g/mol. The summed E-state index contributed by atoms with van der Waals surface area (Å²) in [6.45, 7) is 3.26. The Balaban J connectivity index is 1.85. The van der Waals surface area contributed by atoms with Crippen LogP contribution in [0, 0.1) is 6.92 Å². The fourth-order valence-electron chi connectivity index (χ4n) is 1.65. The molecule has 1 saturated heterocycles. The molecule has 0 spiro atoms. The summed E-state index contributed by atoms with van der Waals surface area (Å²) in [7, 11) is 0. The van der Waals surface area contributed by atoms with Crippen LogP contribution in [0.4, 0.5) is 0 Å². The highest BCUT2D eigenvalue weighted by Gasteiger charge is 2.21. The number of aryl methyl sites for hydroxylation is 1. The zero-order chi connectivity index (χ0) is 11.5. The molecule has 5 nitrogen and oxygen atoms in total. The third-order valence-corrected chi connectivity index (χ3v) is 3.19. The molecule has 0 atom stereocenters. The minimum atomic E-state index is -0.217. The molecule has 1 aliphatic heterocycles. The number of aromatic nitrogens is 1. The molecule has 86 valence electrons. The number of hydrogen-bond donors (Lipinski definition) is 1. The Bertz CT molecular complexity index is 400. The predicted octanol–water partition coefficient (Wildman–Crippen LogP) is -0.0476. The largest absolute Gasteiger partial charge is 0.294 e. The van der Waals surface area contributed by atoms with Crippen molar-refractivity contribution in [1.29, 1.82) is 0 Å². The number of rotatable bonds is 3. The van der Waals surface area contributed by atoms with Crippen LogP contribution >= 0.6 is 11.3 Å². The number of carbonyl (C=O) groups excluding carboxylic acids is 2.